The predicted octanol–water partition coefficient (Wildman–Crippen LogP) is 1.53. The van der Waals surface area contributed by atoms with Gasteiger partial charge >= 0.3 is 6.03 Å². The molecule has 0 aromatic heterocycles. The van der Waals surface area contributed by atoms with Crippen molar-refractivity contribution in [2.45, 2.75) is 11.8 Å². The molecule has 2 aromatic rings. The van der Waals surface area contributed by atoms with Gasteiger partial charge in [-0.05, 0) is 43.3 Å². The molecule has 1 saturated heterocycles. The van der Waals surface area contributed by atoms with E-state index in [1.165, 1.54) is 23.4 Å². The van der Waals surface area contributed by atoms with E-state index in [-0.39, 0.29) is 42.8 Å². The van der Waals surface area contributed by atoms with Crippen molar-refractivity contribution in [1.29, 1.82) is 0 Å². The van der Waals surface area contributed by atoms with Crippen molar-refractivity contribution in [2.24, 2.45) is 5.73 Å². The average Bonchev–Trinajstić information content (AvgIpc) is 2.73. The van der Waals surface area contributed by atoms with E-state index in [0.717, 1.165) is 0 Å². The maximum atomic E-state index is 12.9. The Labute approximate surface area is 174 Å². The summed E-state index contributed by atoms with van der Waals surface area (Å²) in [4.78, 5) is 36.7. The summed E-state index contributed by atoms with van der Waals surface area (Å²) in [6, 6.07) is 11.5. The third-order valence-corrected chi connectivity index (χ3v) is 6.70. The predicted molar refractivity (Wildman–Crippen MR) is 111 cm³/mol. The van der Waals surface area contributed by atoms with Crippen molar-refractivity contribution < 1.29 is 22.8 Å². The van der Waals surface area contributed by atoms with Crippen LogP contribution in [0.3, 0.4) is 0 Å². The van der Waals surface area contributed by atoms with Gasteiger partial charge in [-0.3, -0.25) is 9.59 Å². The summed E-state index contributed by atoms with van der Waals surface area (Å²) in [5.41, 5.74) is 6.29. The number of nitrogens with zero attached hydrogens (tertiary/aromatic N) is 2. The van der Waals surface area contributed by atoms with Gasteiger partial charge in [0.05, 0.1) is 4.90 Å². The van der Waals surface area contributed by atoms with E-state index in [4.69, 9.17) is 5.73 Å². The van der Waals surface area contributed by atoms with Gasteiger partial charge in [-0.1, -0.05) is 12.1 Å². The molecule has 0 saturated carbocycles. The zero-order chi connectivity index (χ0) is 21.9. The van der Waals surface area contributed by atoms with Gasteiger partial charge in [0.15, 0.2) is 5.78 Å². The zero-order valence-electron chi connectivity index (χ0n) is 16.4. The summed E-state index contributed by atoms with van der Waals surface area (Å²) in [5, 5.41) is 2.42. The van der Waals surface area contributed by atoms with Gasteiger partial charge in [0.2, 0.25) is 10.0 Å². The molecular formula is C20H22N4O5S. The highest BCUT2D eigenvalue weighted by molar-refractivity contribution is 7.89. The van der Waals surface area contributed by atoms with Crippen LogP contribution in [0.1, 0.15) is 27.6 Å². The topological polar surface area (TPSA) is 130 Å². The number of amides is 3. The fraction of sp³-hybridized carbons (Fsp3) is 0.250. The van der Waals surface area contributed by atoms with Gasteiger partial charge in [0.1, 0.15) is 0 Å². The van der Waals surface area contributed by atoms with Crippen LogP contribution in [-0.4, -0.2) is 61.5 Å². The fourth-order valence-electron chi connectivity index (χ4n) is 3.18. The van der Waals surface area contributed by atoms with Crippen LogP contribution < -0.4 is 11.1 Å². The number of carbonyl (C=O) groups excluding carboxylic acids is 3. The number of hydrogen-bond donors (Lipinski definition) is 2. The number of hydrogen-bond acceptors (Lipinski definition) is 5. The minimum Gasteiger partial charge on any atom is -0.351 e. The normalized spacial score (nSPS) is 14.9. The van der Waals surface area contributed by atoms with Gasteiger partial charge in [0.25, 0.3) is 5.91 Å². The summed E-state index contributed by atoms with van der Waals surface area (Å²) in [7, 11) is -3.76. The second-order valence-electron chi connectivity index (χ2n) is 6.85. The molecule has 0 radical (unpaired) electrons. The Hall–Kier alpha value is -3.24. The minimum atomic E-state index is -3.76. The molecule has 2 aromatic carbocycles. The molecule has 3 rings (SSSR count). The Morgan fingerprint density at radius 3 is 2.13 bits per heavy atom. The van der Waals surface area contributed by atoms with E-state index in [9.17, 15) is 22.8 Å². The van der Waals surface area contributed by atoms with Crippen molar-refractivity contribution in [1.82, 2.24) is 9.21 Å². The SMILES string of the molecule is CC(=O)c1cccc(S(=O)(=O)N2CCN(C(=O)c3ccc(NC(N)=O)cc3)CC2)c1. The van der Waals surface area contributed by atoms with Gasteiger partial charge in [-0.15, -0.1) is 0 Å². The third kappa shape index (κ3) is 4.66. The number of rotatable bonds is 5. The fourth-order valence-corrected chi connectivity index (χ4v) is 4.65. The van der Waals surface area contributed by atoms with E-state index >= 15 is 0 Å². The molecule has 0 atom stereocenters. The summed E-state index contributed by atoms with van der Waals surface area (Å²) in [6.45, 7) is 2.17. The highest BCUT2D eigenvalue weighted by atomic mass is 32.2. The smallest absolute Gasteiger partial charge is 0.316 e. The lowest BCUT2D eigenvalue weighted by atomic mass is 10.1. The summed E-state index contributed by atoms with van der Waals surface area (Å²) < 4.78 is 27.1. The lowest BCUT2D eigenvalue weighted by Crippen LogP contribution is -2.50. The van der Waals surface area contributed by atoms with E-state index in [2.05, 4.69) is 5.32 Å². The molecule has 1 fully saturated rings. The summed E-state index contributed by atoms with van der Waals surface area (Å²) >= 11 is 0. The number of nitrogens with two attached hydrogens (primary N) is 1. The molecule has 10 heteroatoms. The van der Waals surface area contributed by atoms with Crippen molar-refractivity contribution in [3.05, 3.63) is 59.7 Å². The standard InChI is InChI=1S/C20H22N4O5S/c1-14(25)16-3-2-4-18(13-16)30(28,29)24-11-9-23(10-12-24)19(26)15-5-7-17(8-6-15)22-20(21)27/h2-8,13H,9-12H2,1H3,(H3,21,22,27). The molecule has 1 heterocycles. The second-order valence-corrected chi connectivity index (χ2v) is 8.78. The average molecular weight is 430 g/mol. The Morgan fingerprint density at radius 1 is 0.933 bits per heavy atom. The molecule has 0 unspecified atom stereocenters. The quantitative estimate of drug-likeness (QED) is 0.695. The van der Waals surface area contributed by atoms with Crippen LogP contribution in [0.2, 0.25) is 0 Å². The molecular weight excluding hydrogens is 408 g/mol. The van der Waals surface area contributed by atoms with Crippen LogP contribution in [0.5, 0.6) is 0 Å². The number of Topliss-reactive ketones (excluding diaryl/α,β-unsaturated/α-hetero) is 1. The Balaban J connectivity index is 1.66. The molecule has 0 spiro atoms. The second kappa shape index (κ2) is 8.64. The first-order valence-electron chi connectivity index (χ1n) is 9.25. The first-order chi connectivity index (χ1) is 14.2. The number of benzene rings is 2. The molecule has 0 aliphatic carbocycles. The number of urea groups is 1. The van der Waals surface area contributed by atoms with E-state index in [0.29, 0.717) is 16.8 Å². The number of anilines is 1. The van der Waals surface area contributed by atoms with Crippen molar-refractivity contribution in [3.63, 3.8) is 0 Å². The van der Waals surface area contributed by atoms with E-state index < -0.39 is 16.1 Å². The Bertz CT molecular complexity index is 1070. The first-order valence-corrected chi connectivity index (χ1v) is 10.7. The van der Waals surface area contributed by atoms with Gasteiger partial charge in [0, 0.05) is 43.0 Å². The van der Waals surface area contributed by atoms with Crippen LogP contribution in [0.4, 0.5) is 10.5 Å². The van der Waals surface area contributed by atoms with Crippen LogP contribution in [0, 0.1) is 0 Å². The monoisotopic (exact) mass is 430 g/mol. The highest BCUT2D eigenvalue weighted by Gasteiger charge is 2.30. The number of sulfonamides is 1. The largest absolute Gasteiger partial charge is 0.351 e. The lowest BCUT2D eigenvalue weighted by molar-refractivity contribution is 0.0697. The third-order valence-electron chi connectivity index (χ3n) is 4.80. The van der Waals surface area contributed by atoms with E-state index in [1.807, 2.05) is 0 Å². The maximum Gasteiger partial charge on any atom is 0.316 e. The minimum absolute atomic E-state index is 0.0625. The van der Waals surface area contributed by atoms with Gasteiger partial charge < -0.3 is 16.0 Å². The summed E-state index contributed by atoms with van der Waals surface area (Å²) in [5.74, 6) is -0.434. The van der Waals surface area contributed by atoms with Crippen molar-refractivity contribution >= 4 is 33.4 Å². The molecule has 30 heavy (non-hydrogen) atoms. The summed E-state index contributed by atoms with van der Waals surface area (Å²) in [6.07, 6.45) is 0. The van der Waals surface area contributed by atoms with Gasteiger partial charge in [-0.2, -0.15) is 4.31 Å². The molecule has 1 aliphatic heterocycles. The number of carbonyl (C=O) groups is 3. The molecule has 3 amide bonds. The number of nitrogens with one attached hydrogen (secondary N) is 1. The molecule has 1 aliphatic rings. The molecule has 3 N–H and O–H groups in total. The van der Waals surface area contributed by atoms with Crippen LogP contribution in [0.25, 0.3) is 0 Å². The number of primary amides is 1. The first kappa shape index (κ1) is 21.5. The number of piperazine rings is 1. The maximum absolute atomic E-state index is 12.9. The lowest BCUT2D eigenvalue weighted by Gasteiger charge is -2.34. The Kier molecular flexibility index (Phi) is 6.18. The Morgan fingerprint density at radius 2 is 1.57 bits per heavy atom. The van der Waals surface area contributed by atoms with Crippen LogP contribution >= 0.6 is 0 Å². The molecule has 158 valence electrons. The van der Waals surface area contributed by atoms with Crippen molar-refractivity contribution in [3.8, 4) is 0 Å². The zero-order valence-corrected chi connectivity index (χ0v) is 17.2. The molecule has 9 nitrogen and oxygen atoms in total. The van der Waals surface area contributed by atoms with E-state index in [1.54, 1.807) is 41.3 Å². The van der Waals surface area contributed by atoms with Crippen LogP contribution in [0.15, 0.2) is 53.4 Å². The molecule has 0 bridgehead atoms. The number of ketones is 1. The van der Waals surface area contributed by atoms with Crippen LogP contribution in [-0.2, 0) is 10.0 Å². The van der Waals surface area contributed by atoms with Crippen molar-refractivity contribution in [2.75, 3.05) is 31.5 Å². The van der Waals surface area contributed by atoms with Gasteiger partial charge in [-0.25, -0.2) is 13.2 Å². The highest BCUT2D eigenvalue weighted by Crippen LogP contribution is 2.20.